The highest BCUT2D eigenvalue weighted by atomic mass is 19.4. The first-order chi connectivity index (χ1) is 6.51. The van der Waals surface area contributed by atoms with Crippen LogP contribution in [0.15, 0.2) is 30.3 Å². The lowest BCUT2D eigenvalue weighted by Crippen LogP contribution is -2.00. The van der Waals surface area contributed by atoms with Gasteiger partial charge in [-0.15, -0.1) is 0 Å². The van der Waals surface area contributed by atoms with Crippen LogP contribution in [0, 0.1) is 11.3 Å². The Balaban J connectivity index is 2.80. The lowest BCUT2D eigenvalue weighted by atomic mass is 10.1. The van der Waals surface area contributed by atoms with Gasteiger partial charge in [-0.05, 0) is 17.7 Å². The van der Waals surface area contributed by atoms with Crippen molar-refractivity contribution in [2.45, 2.75) is 6.18 Å². The van der Waals surface area contributed by atoms with Crippen LogP contribution in [0.5, 0.6) is 0 Å². The minimum Gasteiger partial charge on any atom is -0.192 e. The van der Waals surface area contributed by atoms with E-state index in [1.165, 1.54) is 24.3 Å². The van der Waals surface area contributed by atoms with Gasteiger partial charge < -0.3 is 0 Å². The molecule has 0 aliphatic heterocycles. The first-order valence-electron chi connectivity index (χ1n) is 3.77. The van der Waals surface area contributed by atoms with Crippen molar-refractivity contribution in [1.29, 1.82) is 5.26 Å². The number of allylic oxidation sites excluding steroid dienone is 1. The molecule has 0 amide bonds. The van der Waals surface area contributed by atoms with Crippen molar-refractivity contribution in [3.8, 4) is 6.07 Å². The number of hydrogen-bond acceptors (Lipinski definition) is 1. The van der Waals surface area contributed by atoms with Gasteiger partial charge in [0.2, 0.25) is 0 Å². The molecule has 0 heterocycles. The van der Waals surface area contributed by atoms with E-state index in [0.29, 0.717) is 11.1 Å². The average Bonchev–Trinajstić information content (AvgIpc) is 2.14. The van der Waals surface area contributed by atoms with Gasteiger partial charge >= 0.3 is 6.18 Å². The molecule has 0 radical (unpaired) electrons. The number of hydrogen-bond donors (Lipinski definition) is 0. The Labute approximate surface area is 79.1 Å². The summed E-state index contributed by atoms with van der Waals surface area (Å²) in [7, 11) is 0. The molecule has 14 heavy (non-hydrogen) atoms. The molecule has 4 heteroatoms. The minimum absolute atomic E-state index is 0.161. The molecule has 0 fully saturated rings. The molecule has 0 unspecified atom stereocenters. The summed E-state index contributed by atoms with van der Waals surface area (Å²) in [5, 5.41) is 8.44. The molecule has 0 N–H and O–H groups in total. The maximum absolute atomic E-state index is 11.7. The Morgan fingerprint density at radius 1 is 1.14 bits per heavy atom. The van der Waals surface area contributed by atoms with Crippen LogP contribution in [0.25, 0.3) is 6.08 Å². The number of nitrogens with zero attached hydrogens (tertiary/aromatic N) is 1. The van der Waals surface area contributed by atoms with Crippen molar-refractivity contribution in [2.24, 2.45) is 0 Å². The summed E-state index contributed by atoms with van der Waals surface area (Å²) in [6.07, 6.45) is -3.18. The third kappa shape index (κ3) is 3.31. The second-order valence-corrected chi connectivity index (χ2v) is 2.61. The van der Waals surface area contributed by atoms with E-state index in [1.54, 1.807) is 0 Å². The van der Waals surface area contributed by atoms with E-state index in [1.807, 2.05) is 6.07 Å². The zero-order valence-electron chi connectivity index (χ0n) is 7.05. The Kier molecular flexibility index (Phi) is 2.92. The lowest BCUT2D eigenvalue weighted by molar-refractivity contribution is -0.0790. The topological polar surface area (TPSA) is 23.8 Å². The van der Waals surface area contributed by atoms with E-state index in [0.717, 1.165) is 6.08 Å². The Bertz CT molecular complexity index is 368. The predicted molar refractivity (Wildman–Crippen MR) is 46.2 cm³/mol. The standard InChI is InChI=1S/C10H6F3N/c11-10(12,13)6-5-8-1-3-9(7-14)4-2-8/h1-6H/b6-5+. The lowest BCUT2D eigenvalue weighted by Gasteiger charge is -1.97. The van der Waals surface area contributed by atoms with E-state index in [-0.39, 0.29) is 6.08 Å². The maximum Gasteiger partial charge on any atom is 0.409 e. The molecule has 1 aromatic carbocycles. The van der Waals surface area contributed by atoms with Crippen molar-refractivity contribution in [2.75, 3.05) is 0 Å². The normalized spacial score (nSPS) is 11.6. The molecule has 1 nitrogen and oxygen atoms in total. The monoisotopic (exact) mass is 197 g/mol. The van der Waals surface area contributed by atoms with Gasteiger partial charge in [0.15, 0.2) is 0 Å². The summed E-state index contributed by atoms with van der Waals surface area (Å²) in [6, 6.07) is 7.74. The molecule has 0 bridgehead atoms. The maximum atomic E-state index is 11.7. The van der Waals surface area contributed by atoms with Gasteiger partial charge in [0.25, 0.3) is 0 Å². The molecule has 0 saturated carbocycles. The van der Waals surface area contributed by atoms with Gasteiger partial charge in [0.1, 0.15) is 0 Å². The number of benzene rings is 1. The van der Waals surface area contributed by atoms with Crippen molar-refractivity contribution in [3.05, 3.63) is 41.5 Å². The highest BCUT2D eigenvalue weighted by Gasteiger charge is 2.21. The number of nitriles is 1. The first-order valence-corrected chi connectivity index (χ1v) is 3.77. The number of alkyl halides is 3. The fourth-order valence-electron chi connectivity index (χ4n) is 0.859. The number of halogens is 3. The Hall–Kier alpha value is -1.76. The fourth-order valence-corrected chi connectivity index (χ4v) is 0.859. The molecule has 1 aromatic rings. The van der Waals surface area contributed by atoms with Gasteiger partial charge in [-0.3, -0.25) is 0 Å². The van der Waals surface area contributed by atoms with Crippen LogP contribution in [0.4, 0.5) is 13.2 Å². The Morgan fingerprint density at radius 2 is 1.71 bits per heavy atom. The molecule has 0 spiro atoms. The summed E-state index contributed by atoms with van der Waals surface area (Å²) in [6.45, 7) is 0. The summed E-state index contributed by atoms with van der Waals surface area (Å²) in [4.78, 5) is 0. The first kappa shape index (κ1) is 10.3. The second-order valence-electron chi connectivity index (χ2n) is 2.61. The second kappa shape index (κ2) is 3.97. The fraction of sp³-hybridized carbons (Fsp3) is 0.100. The van der Waals surface area contributed by atoms with E-state index in [4.69, 9.17) is 5.26 Å². The van der Waals surface area contributed by atoms with Gasteiger partial charge in [0, 0.05) is 6.08 Å². The van der Waals surface area contributed by atoms with E-state index in [2.05, 4.69) is 0 Å². The van der Waals surface area contributed by atoms with E-state index >= 15 is 0 Å². The van der Waals surface area contributed by atoms with Crippen molar-refractivity contribution in [1.82, 2.24) is 0 Å². The van der Waals surface area contributed by atoms with E-state index in [9.17, 15) is 13.2 Å². The third-order valence-electron chi connectivity index (χ3n) is 1.50. The van der Waals surface area contributed by atoms with Gasteiger partial charge in [-0.25, -0.2) is 0 Å². The zero-order valence-corrected chi connectivity index (χ0v) is 7.05. The predicted octanol–water partition coefficient (Wildman–Crippen LogP) is 3.13. The van der Waals surface area contributed by atoms with Gasteiger partial charge in [-0.2, -0.15) is 18.4 Å². The van der Waals surface area contributed by atoms with Crippen molar-refractivity contribution in [3.63, 3.8) is 0 Å². The van der Waals surface area contributed by atoms with E-state index < -0.39 is 6.18 Å². The molecule has 0 aliphatic carbocycles. The highest BCUT2D eigenvalue weighted by molar-refractivity contribution is 5.51. The average molecular weight is 197 g/mol. The van der Waals surface area contributed by atoms with Crippen molar-refractivity contribution < 1.29 is 13.2 Å². The van der Waals surface area contributed by atoms with Crippen LogP contribution < -0.4 is 0 Å². The molecular formula is C10H6F3N. The van der Waals surface area contributed by atoms with Gasteiger partial charge in [0.05, 0.1) is 11.6 Å². The molecule has 72 valence electrons. The largest absolute Gasteiger partial charge is 0.409 e. The van der Waals surface area contributed by atoms with Crippen molar-refractivity contribution >= 4 is 6.08 Å². The minimum atomic E-state index is -4.30. The zero-order chi connectivity index (χ0) is 10.6. The molecular weight excluding hydrogens is 191 g/mol. The highest BCUT2D eigenvalue weighted by Crippen LogP contribution is 2.18. The van der Waals surface area contributed by atoms with Gasteiger partial charge in [-0.1, -0.05) is 18.2 Å². The molecule has 0 aromatic heterocycles. The third-order valence-corrected chi connectivity index (χ3v) is 1.50. The number of rotatable bonds is 1. The SMILES string of the molecule is N#Cc1ccc(/C=C/C(F)(F)F)cc1. The smallest absolute Gasteiger partial charge is 0.192 e. The van der Waals surface area contributed by atoms with Crippen LogP contribution in [0.1, 0.15) is 11.1 Å². The van der Waals surface area contributed by atoms with Crippen LogP contribution in [0.2, 0.25) is 0 Å². The summed E-state index contributed by atoms with van der Waals surface area (Å²) >= 11 is 0. The summed E-state index contributed by atoms with van der Waals surface area (Å²) in [5.74, 6) is 0. The molecule has 0 aliphatic rings. The van der Waals surface area contributed by atoms with Crippen LogP contribution in [0.3, 0.4) is 0 Å². The molecule has 0 atom stereocenters. The van der Waals surface area contributed by atoms with Crippen LogP contribution in [-0.2, 0) is 0 Å². The molecule has 1 rings (SSSR count). The Morgan fingerprint density at radius 3 is 2.14 bits per heavy atom. The summed E-state index contributed by atoms with van der Waals surface area (Å²) < 4.78 is 35.2. The van der Waals surface area contributed by atoms with Crippen LogP contribution >= 0.6 is 0 Å². The molecule has 0 saturated heterocycles. The summed E-state index contributed by atoms with van der Waals surface area (Å²) in [5.41, 5.74) is 0.843. The van der Waals surface area contributed by atoms with Crippen LogP contribution in [-0.4, -0.2) is 6.18 Å². The quantitative estimate of drug-likeness (QED) is 0.678.